The van der Waals surface area contributed by atoms with Crippen molar-refractivity contribution < 1.29 is 14.7 Å². The van der Waals surface area contributed by atoms with Crippen LogP contribution >= 0.6 is 12.6 Å². The van der Waals surface area contributed by atoms with Crippen LogP contribution in [0.4, 0.5) is 5.69 Å². The molecule has 2 aromatic carbocycles. The highest BCUT2D eigenvalue weighted by molar-refractivity contribution is 7.80. The fourth-order valence-electron chi connectivity index (χ4n) is 1.79. The fourth-order valence-corrected chi connectivity index (χ4v) is 2.01. The van der Waals surface area contributed by atoms with Crippen molar-refractivity contribution in [2.75, 3.05) is 5.32 Å². The predicted octanol–water partition coefficient (Wildman–Crippen LogP) is 3.08. The first-order valence-corrected chi connectivity index (χ1v) is 6.62. The van der Waals surface area contributed by atoms with Crippen LogP contribution < -0.4 is 5.32 Å². The number of aliphatic carboxylic acids is 1. The lowest BCUT2D eigenvalue weighted by Crippen LogP contribution is -2.15. The number of carbonyl (C=O) groups excluding carboxylic acids is 1. The van der Waals surface area contributed by atoms with Gasteiger partial charge < -0.3 is 10.4 Å². The molecule has 2 rings (SSSR count). The summed E-state index contributed by atoms with van der Waals surface area (Å²) in [5, 5.41) is 11.6. The molecule has 4 nitrogen and oxygen atoms in total. The highest BCUT2D eigenvalue weighted by Crippen LogP contribution is 2.22. The van der Waals surface area contributed by atoms with Gasteiger partial charge in [0.25, 0.3) is 5.91 Å². The lowest BCUT2D eigenvalue weighted by Gasteiger charge is -2.10. The van der Waals surface area contributed by atoms with Gasteiger partial charge in [-0.15, -0.1) is 12.6 Å². The largest absolute Gasteiger partial charge is 0.478 e. The van der Waals surface area contributed by atoms with Crippen LogP contribution in [0.3, 0.4) is 0 Å². The maximum absolute atomic E-state index is 12.3. The number of thiol groups is 1. The minimum atomic E-state index is -1.18. The molecule has 0 saturated heterocycles. The SMILES string of the molecule is O=C(O)/C=C(\C(=O)Nc1ccccc1S)c1ccccc1. The molecule has 5 heteroatoms. The van der Waals surface area contributed by atoms with Gasteiger partial charge in [-0.25, -0.2) is 4.79 Å². The molecular formula is C16H13NO3S. The molecule has 0 spiro atoms. The van der Waals surface area contributed by atoms with Gasteiger partial charge in [0.15, 0.2) is 0 Å². The number of nitrogens with one attached hydrogen (secondary N) is 1. The van der Waals surface area contributed by atoms with Crippen molar-refractivity contribution in [3.8, 4) is 0 Å². The van der Waals surface area contributed by atoms with Gasteiger partial charge in [-0.2, -0.15) is 0 Å². The molecule has 0 aliphatic carbocycles. The number of hydrogen-bond acceptors (Lipinski definition) is 3. The average molecular weight is 299 g/mol. The van der Waals surface area contributed by atoms with Gasteiger partial charge in [-0.05, 0) is 17.7 Å². The molecule has 2 aromatic rings. The van der Waals surface area contributed by atoms with Gasteiger partial charge in [0.05, 0.1) is 11.3 Å². The Balaban J connectivity index is 2.33. The minimum absolute atomic E-state index is 0.0830. The van der Waals surface area contributed by atoms with E-state index in [1.807, 2.05) is 0 Å². The van der Waals surface area contributed by atoms with E-state index in [2.05, 4.69) is 17.9 Å². The Labute approximate surface area is 127 Å². The second kappa shape index (κ2) is 6.76. The Hall–Kier alpha value is -2.53. The van der Waals surface area contributed by atoms with Crippen LogP contribution in [0.1, 0.15) is 5.56 Å². The molecular weight excluding hydrogens is 286 g/mol. The van der Waals surface area contributed by atoms with Crippen molar-refractivity contribution in [1.29, 1.82) is 0 Å². The zero-order chi connectivity index (χ0) is 15.2. The van der Waals surface area contributed by atoms with Crippen molar-refractivity contribution in [2.24, 2.45) is 0 Å². The summed E-state index contributed by atoms with van der Waals surface area (Å²) in [6.07, 6.45) is 0.895. The molecule has 1 amide bonds. The Morgan fingerprint density at radius 3 is 2.24 bits per heavy atom. The van der Waals surface area contributed by atoms with Gasteiger partial charge in [0.1, 0.15) is 0 Å². The van der Waals surface area contributed by atoms with Crippen molar-refractivity contribution >= 4 is 35.8 Å². The van der Waals surface area contributed by atoms with Crippen molar-refractivity contribution in [3.63, 3.8) is 0 Å². The number of benzene rings is 2. The summed E-state index contributed by atoms with van der Waals surface area (Å²) in [7, 11) is 0. The second-order valence-corrected chi connectivity index (χ2v) is 4.72. The first kappa shape index (κ1) is 14.9. The van der Waals surface area contributed by atoms with E-state index in [-0.39, 0.29) is 5.57 Å². The molecule has 0 bridgehead atoms. The number of carbonyl (C=O) groups is 2. The molecule has 0 fully saturated rings. The van der Waals surface area contributed by atoms with Crippen LogP contribution in [-0.4, -0.2) is 17.0 Å². The van der Waals surface area contributed by atoms with Crippen LogP contribution in [0.25, 0.3) is 5.57 Å². The van der Waals surface area contributed by atoms with E-state index in [0.717, 1.165) is 6.08 Å². The molecule has 0 atom stereocenters. The van der Waals surface area contributed by atoms with Gasteiger partial charge in [-0.3, -0.25) is 4.79 Å². The summed E-state index contributed by atoms with van der Waals surface area (Å²) < 4.78 is 0. The number of anilines is 1. The highest BCUT2D eigenvalue weighted by Gasteiger charge is 2.14. The number of carboxylic acid groups (broad SMARTS) is 1. The number of hydrogen-bond donors (Lipinski definition) is 3. The third-order valence-electron chi connectivity index (χ3n) is 2.75. The predicted molar refractivity (Wildman–Crippen MR) is 84.4 cm³/mol. The van der Waals surface area contributed by atoms with Gasteiger partial charge in [-0.1, -0.05) is 42.5 Å². The van der Waals surface area contributed by atoms with E-state index in [0.29, 0.717) is 16.1 Å². The third kappa shape index (κ3) is 3.97. The third-order valence-corrected chi connectivity index (χ3v) is 3.14. The number of rotatable bonds is 4. The zero-order valence-electron chi connectivity index (χ0n) is 11.0. The lowest BCUT2D eigenvalue weighted by atomic mass is 10.0. The molecule has 0 aliphatic heterocycles. The van der Waals surface area contributed by atoms with E-state index >= 15 is 0 Å². The summed E-state index contributed by atoms with van der Waals surface area (Å²) in [6, 6.07) is 15.6. The Morgan fingerprint density at radius 2 is 1.62 bits per heavy atom. The van der Waals surface area contributed by atoms with Crippen molar-refractivity contribution in [2.45, 2.75) is 4.90 Å². The molecule has 0 unspecified atom stereocenters. The van der Waals surface area contributed by atoms with E-state index in [1.165, 1.54) is 0 Å². The van der Waals surface area contributed by atoms with Gasteiger partial charge >= 0.3 is 5.97 Å². The normalized spacial score (nSPS) is 11.0. The second-order valence-electron chi connectivity index (χ2n) is 4.23. The molecule has 0 radical (unpaired) electrons. The first-order chi connectivity index (χ1) is 10.1. The number of para-hydroxylation sites is 1. The maximum Gasteiger partial charge on any atom is 0.329 e. The Kier molecular flexibility index (Phi) is 4.79. The van der Waals surface area contributed by atoms with E-state index < -0.39 is 11.9 Å². The summed E-state index contributed by atoms with van der Waals surface area (Å²) >= 11 is 4.25. The Morgan fingerprint density at radius 1 is 1.00 bits per heavy atom. The molecule has 0 aliphatic rings. The quantitative estimate of drug-likeness (QED) is 0.600. The topological polar surface area (TPSA) is 66.4 Å². The maximum atomic E-state index is 12.3. The molecule has 0 saturated carbocycles. The number of amides is 1. The molecule has 106 valence electrons. The van der Waals surface area contributed by atoms with Crippen LogP contribution in [0.5, 0.6) is 0 Å². The smallest absolute Gasteiger partial charge is 0.329 e. The summed E-state index contributed by atoms with van der Waals surface area (Å²) in [6.45, 7) is 0. The molecule has 0 aromatic heterocycles. The van der Waals surface area contributed by atoms with Gasteiger partial charge in [0, 0.05) is 11.0 Å². The van der Waals surface area contributed by atoms with Crippen LogP contribution in [0.15, 0.2) is 65.6 Å². The Bertz CT molecular complexity index is 696. The first-order valence-electron chi connectivity index (χ1n) is 6.17. The molecule has 0 heterocycles. The lowest BCUT2D eigenvalue weighted by molar-refractivity contribution is -0.131. The molecule has 21 heavy (non-hydrogen) atoms. The average Bonchev–Trinajstić information content (AvgIpc) is 2.48. The van der Waals surface area contributed by atoms with Crippen LogP contribution in [-0.2, 0) is 9.59 Å². The minimum Gasteiger partial charge on any atom is -0.478 e. The van der Waals surface area contributed by atoms with E-state index in [1.54, 1.807) is 54.6 Å². The highest BCUT2D eigenvalue weighted by atomic mass is 32.1. The summed E-state index contributed by atoms with van der Waals surface area (Å²) in [5.74, 6) is -1.67. The summed E-state index contributed by atoms with van der Waals surface area (Å²) in [4.78, 5) is 23.9. The number of carboxylic acids is 1. The monoisotopic (exact) mass is 299 g/mol. The van der Waals surface area contributed by atoms with Crippen LogP contribution in [0, 0.1) is 0 Å². The fraction of sp³-hybridized carbons (Fsp3) is 0. The van der Waals surface area contributed by atoms with Crippen molar-refractivity contribution in [1.82, 2.24) is 0 Å². The van der Waals surface area contributed by atoms with E-state index in [4.69, 9.17) is 5.11 Å². The standard InChI is InChI=1S/C16H13NO3S/c18-15(19)10-12(11-6-2-1-3-7-11)16(20)17-13-8-4-5-9-14(13)21/h1-10,21H,(H,17,20)(H,18,19)/b12-10-. The van der Waals surface area contributed by atoms with Crippen LogP contribution in [0.2, 0.25) is 0 Å². The molecule has 2 N–H and O–H groups in total. The van der Waals surface area contributed by atoms with Gasteiger partial charge in [0.2, 0.25) is 0 Å². The van der Waals surface area contributed by atoms with Crippen molar-refractivity contribution in [3.05, 3.63) is 66.2 Å². The van der Waals surface area contributed by atoms with E-state index in [9.17, 15) is 9.59 Å². The zero-order valence-corrected chi connectivity index (χ0v) is 11.9. The summed E-state index contributed by atoms with van der Waals surface area (Å²) in [5.41, 5.74) is 1.15.